The van der Waals surface area contributed by atoms with Gasteiger partial charge in [0, 0.05) is 13.1 Å². The number of anilines is 1. The Bertz CT molecular complexity index is 562. The van der Waals surface area contributed by atoms with Crippen molar-refractivity contribution in [1.82, 2.24) is 4.98 Å². The summed E-state index contributed by atoms with van der Waals surface area (Å²) in [5.74, 6) is -0.962. The lowest BCUT2D eigenvalue weighted by molar-refractivity contribution is 0.0697. The van der Waals surface area contributed by atoms with Crippen molar-refractivity contribution >= 4 is 23.1 Å². The molecule has 0 radical (unpaired) electrons. The summed E-state index contributed by atoms with van der Waals surface area (Å²) in [5, 5.41) is 8.92. The van der Waals surface area contributed by atoms with Crippen molar-refractivity contribution in [2.45, 2.75) is 20.3 Å². The molecule has 5 nitrogen and oxygen atoms in total. The molecule has 0 spiro atoms. The predicted molar refractivity (Wildman–Crippen MR) is 69.1 cm³/mol. The molecule has 96 valence electrons. The van der Waals surface area contributed by atoms with E-state index in [-0.39, 0.29) is 5.56 Å². The van der Waals surface area contributed by atoms with Gasteiger partial charge in [0.25, 0.3) is 6.01 Å². The fourth-order valence-electron chi connectivity index (χ4n) is 1.84. The molecule has 18 heavy (non-hydrogen) atoms. The number of rotatable bonds is 5. The predicted octanol–water partition coefficient (Wildman–Crippen LogP) is 2.76. The maximum absolute atomic E-state index is 10.9. The van der Waals surface area contributed by atoms with Crippen LogP contribution in [-0.4, -0.2) is 29.1 Å². The first-order valence-electron chi connectivity index (χ1n) is 6.04. The monoisotopic (exact) mass is 248 g/mol. The summed E-state index contributed by atoms with van der Waals surface area (Å²) >= 11 is 0. The second kappa shape index (κ2) is 5.08. The molecule has 1 aromatic carbocycles. The van der Waals surface area contributed by atoms with Crippen LogP contribution in [0.3, 0.4) is 0 Å². The summed E-state index contributed by atoms with van der Waals surface area (Å²) in [5.41, 5.74) is 1.41. The normalized spacial score (nSPS) is 10.8. The summed E-state index contributed by atoms with van der Waals surface area (Å²) in [6, 6.07) is 5.27. The summed E-state index contributed by atoms with van der Waals surface area (Å²) in [4.78, 5) is 17.3. The van der Waals surface area contributed by atoms with Crippen LogP contribution in [0.2, 0.25) is 0 Å². The Hall–Kier alpha value is -2.04. The van der Waals surface area contributed by atoms with E-state index in [1.165, 1.54) is 12.1 Å². The molecule has 0 unspecified atom stereocenters. The van der Waals surface area contributed by atoms with E-state index in [0.717, 1.165) is 19.5 Å². The van der Waals surface area contributed by atoms with E-state index >= 15 is 0 Å². The number of nitrogens with zero attached hydrogens (tertiary/aromatic N) is 2. The number of carboxylic acid groups (broad SMARTS) is 1. The summed E-state index contributed by atoms with van der Waals surface area (Å²) in [6.07, 6.45) is 1.01. The fourth-order valence-corrected chi connectivity index (χ4v) is 1.84. The second-order valence-electron chi connectivity index (χ2n) is 4.06. The Morgan fingerprint density at radius 2 is 2.22 bits per heavy atom. The van der Waals surface area contributed by atoms with Crippen LogP contribution in [0, 0.1) is 0 Å². The van der Waals surface area contributed by atoms with Crippen LogP contribution in [-0.2, 0) is 0 Å². The minimum Gasteiger partial charge on any atom is -0.478 e. The van der Waals surface area contributed by atoms with Crippen LogP contribution in [0.1, 0.15) is 30.6 Å². The van der Waals surface area contributed by atoms with E-state index in [2.05, 4.69) is 11.9 Å². The van der Waals surface area contributed by atoms with Crippen LogP contribution in [0.4, 0.5) is 6.01 Å². The molecular weight excluding hydrogens is 232 g/mol. The van der Waals surface area contributed by atoms with E-state index in [0.29, 0.717) is 17.1 Å². The number of oxazole rings is 1. The Morgan fingerprint density at radius 3 is 2.83 bits per heavy atom. The Balaban J connectivity index is 2.40. The number of aromatic nitrogens is 1. The van der Waals surface area contributed by atoms with Crippen LogP contribution >= 0.6 is 0 Å². The third kappa shape index (κ3) is 2.30. The molecule has 1 N–H and O–H groups in total. The van der Waals surface area contributed by atoms with Gasteiger partial charge in [-0.3, -0.25) is 0 Å². The molecule has 0 fully saturated rings. The first-order chi connectivity index (χ1) is 8.65. The third-order valence-corrected chi connectivity index (χ3v) is 2.77. The molecule has 0 saturated heterocycles. The van der Waals surface area contributed by atoms with Gasteiger partial charge < -0.3 is 14.4 Å². The molecule has 5 heteroatoms. The Morgan fingerprint density at radius 1 is 1.44 bits per heavy atom. The van der Waals surface area contributed by atoms with Crippen molar-refractivity contribution < 1.29 is 14.3 Å². The lowest BCUT2D eigenvalue weighted by atomic mass is 10.2. The molecular formula is C13H16N2O3. The molecule has 2 aromatic rings. The Labute approximate surface area is 105 Å². The van der Waals surface area contributed by atoms with Gasteiger partial charge in [-0.05, 0) is 31.5 Å². The molecule has 1 heterocycles. The lowest BCUT2D eigenvalue weighted by Gasteiger charge is -2.16. The maximum atomic E-state index is 10.9. The van der Waals surface area contributed by atoms with Crippen LogP contribution < -0.4 is 4.90 Å². The number of carboxylic acids is 1. The number of fused-ring (bicyclic) bond motifs is 1. The van der Waals surface area contributed by atoms with Crippen molar-refractivity contribution in [3.8, 4) is 0 Å². The van der Waals surface area contributed by atoms with E-state index in [9.17, 15) is 4.79 Å². The van der Waals surface area contributed by atoms with Gasteiger partial charge in [-0.2, -0.15) is 4.98 Å². The summed E-state index contributed by atoms with van der Waals surface area (Å²) in [7, 11) is 0. The zero-order valence-electron chi connectivity index (χ0n) is 10.5. The third-order valence-electron chi connectivity index (χ3n) is 2.77. The van der Waals surface area contributed by atoms with Crippen molar-refractivity contribution in [3.05, 3.63) is 23.8 Å². The second-order valence-corrected chi connectivity index (χ2v) is 4.06. The zero-order chi connectivity index (χ0) is 13.1. The van der Waals surface area contributed by atoms with Gasteiger partial charge in [-0.25, -0.2) is 4.79 Å². The first kappa shape index (κ1) is 12.4. The molecule has 0 amide bonds. The van der Waals surface area contributed by atoms with Gasteiger partial charge in [-0.1, -0.05) is 6.92 Å². The van der Waals surface area contributed by atoms with Crippen molar-refractivity contribution in [3.63, 3.8) is 0 Å². The highest BCUT2D eigenvalue weighted by Crippen LogP contribution is 2.23. The van der Waals surface area contributed by atoms with E-state index in [4.69, 9.17) is 9.52 Å². The molecule has 2 rings (SSSR count). The molecule has 0 aliphatic carbocycles. The van der Waals surface area contributed by atoms with Crippen LogP contribution in [0.25, 0.3) is 11.1 Å². The maximum Gasteiger partial charge on any atom is 0.335 e. The first-order valence-corrected chi connectivity index (χ1v) is 6.04. The van der Waals surface area contributed by atoms with Crippen molar-refractivity contribution in [2.24, 2.45) is 0 Å². The van der Waals surface area contributed by atoms with E-state index in [1.807, 2.05) is 11.8 Å². The van der Waals surface area contributed by atoms with Crippen molar-refractivity contribution in [1.29, 1.82) is 0 Å². The molecule has 0 bridgehead atoms. The van der Waals surface area contributed by atoms with Gasteiger partial charge in [0.1, 0.15) is 5.52 Å². The molecule has 1 aromatic heterocycles. The van der Waals surface area contributed by atoms with Gasteiger partial charge in [0.2, 0.25) is 0 Å². The largest absolute Gasteiger partial charge is 0.478 e. The number of aromatic carboxylic acids is 1. The standard InChI is InChI=1S/C13H16N2O3/c1-3-7-15(4-2)13-14-10-6-5-9(12(16)17)8-11(10)18-13/h5-6,8H,3-4,7H2,1-2H3,(H,16,17). The number of hydrogen-bond donors (Lipinski definition) is 1. The number of carbonyl (C=O) groups is 1. The van der Waals surface area contributed by atoms with Crippen LogP contribution in [0.5, 0.6) is 0 Å². The minimum atomic E-state index is -0.962. The van der Waals surface area contributed by atoms with Gasteiger partial charge in [0.05, 0.1) is 5.56 Å². The van der Waals surface area contributed by atoms with Crippen LogP contribution in [0.15, 0.2) is 22.6 Å². The SMILES string of the molecule is CCCN(CC)c1nc2ccc(C(=O)O)cc2o1. The smallest absolute Gasteiger partial charge is 0.335 e. The highest BCUT2D eigenvalue weighted by atomic mass is 16.4. The number of hydrogen-bond acceptors (Lipinski definition) is 4. The minimum absolute atomic E-state index is 0.212. The molecule has 0 saturated carbocycles. The average molecular weight is 248 g/mol. The highest BCUT2D eigenvalue weighted by molar-refractivity contribution is 5.92. The summed E-state index contributed by atoms with van der Waals surface area (Å²) in [6.45, 7) is 5.81. The average Bonchev–Trinajstić information content (AvgIpc) is 2.78. The van der Waals surface area contributed by atoms with Gasteiger partial charge in [-0.15, -0.1) is 0 Å². The quantitative estimate of drug-likeness (QED) is 0.881. The van der Waals surface area contributed by atoms with Gasteiger partial charge in [0.15, 0.2) is 5.58 Å². The Kier molecular flexibility index (Phi) is 3.50. The number of benzene rings is 1. The molecule has 0 aliphatic heterocycles. The fraction of sp³-hybridized carbons (Fsp3) is 0.385. The van der Waals surface area contributed by atoms with E-state index < -0.39 is 5.97 Å². The van der Waals surface area contributed by atoms with Gasteiger partial charge >= 0.3 is 5.97 Å². The lowest BCUT2D eigenvalue weighted by Crippen LogP contribution is -2.23. The highest BCUT2D eigenvalue weighted by Gasteiger charge is 2.13. The molecule has 0 aliphatic rings. The zero-order valence-corrected chi connectivity index (χ0v) is 10.5. The molecule has 0 atom stereocenters. The topological polar surface area (TPSA) is 66.6 Å². The van der Waals surface area contributed by atoms with Crippen molar-refractivity contribution in [2.75, 3.05) is 18.0 Å². The summed E-state index contributed by atoms with van der Waals surface area (Å²) < 4.78 is 5.62. The van der Waals surface area contributed by atoms with E-state index in [1.54, 1.807) is 6.07 Å².